The molecule has 0 atom stereocenters. The van der Waals surface area contributed by atoms with Crippen LogP contribution in [0.4, 0.5) is 5.69 Å². The Morgan fingerprint density at radius 3 is 2.38 bits per heavy atom. The average Bonchev–Trinajstić information content (AvgIpc) is 2.17. The molecule has 16 heavy (non-hydrogen) atoms. The van der Waals surface area contributed by atoms with Gasteiger partial charge < -0.3 is 14.5 Å². The van der Waals surface area contributed by atoms with Crippen LogP contribution < -0.4 is 9.92 Å². The van der Waals surface area contributed by atoms with E-state index in [1.807, 2.05) is 0 Å². The van der Waals surface area contributed by atoms with Gasteiger partial charge >= 0.3 is 0 Å². The Kier molecular flexibility index (Phi) is 2.45. The summed E-state index contributed by atoms with van der Waals surface area (Å²) >= 11 is 0. The van der Waals surface area contributed by atoms with E-state index in [4.69, 9.17) is 5.73 Å². The van der Waals surface area contributed by atoms with E-state index in [0.717, 1.165) is 0 Å². The minimum atomic E-state index is -4.77. The number of nitrogen functional groups attached to an aromatic ring is 1. The van der Waals surface area contributed by atoms with Crippen molar-refractivity contribution in [2.75, 3.05) is 5.73 Å². The number of benzene rings is 2. The van der Waals surface area contributed by atoms with Gasteiger partial charge in [0.2, 0.25) is 0 Å². The highest BCUT2D eigenvalue weighted by molar-refractivity contribution is 7.81. The summed E-state index contributed by atoms with van der Waals surface area (Å²) in [7, 11) is -4.77. The van der Waals surface area contributed by atoms with Crippen molar-refractivity contribution in [3.05, 3.63) is 36.4 Å². The van der Waals surface area contributed by atoms with Gasteiger partial charge in [0.1, 0.15) is 5.75 Å². The molecular formula is C10H8NO4S-. The van der Waals surface area contributed by atoms with Gasteiger partial charge in [0.15, 0.2) is 0 Å². The largest absolute Gasteiger partial charge is 0.716 e. The van der Waals surface area contributed by atoms with Crippen LogP contribution in [0.1, 0.15) is 0 Å². The first-order chi connectivity index (χ1) is 7.47. The molecule has 0 aliphatic heterocycles. The van der Waals surface area contributed by atoms with E-state index in [1.165, 1.54) is 6.07 Å². The topological polar surface area (TPSA) is 92.5 Å². The lowest BCUT2D eigenvalue weighted by atomic mass is 10.1. The maximum atomic E-state index is 10.5. The molecular weight excluding hydrogens is 230 g/mol. The molecule has 0 amide bonds. The van der Waals surface area contributed by atoms with E-state index in [-0.39, 0.29) is 5.75 Å². The van der Waals surface area contributed by atoms with Crippen LogP contribution in [0.2, 0.25) is 0 Å². The summed E-state index contributed by atoms with van der Waals surface area (Å²) < 4.78 is 35.9. The van der Waals surface area contributed by atoms with Crippen LogP contribution in [0, 0.1) is 0 Å². The van der Waals surface area contributed by atoms with Crippen molar-refractivity contribution in [3.63, 3.8) is 0 Å². The molecule has 0 heterocycles. The number of anilines is 1. The summed E-state index contributed by atoms with van der Waals surface area (Å²) in [4.78, 5) is 0. The maximum Gasteiger partial charge on any atom is 0.262 e. The second-order valence-electron chi connectivity index (χ2n) is 3.19. The highest BCUT2D eigenvalue weighted by atomic mass is 32.3. The molecule has 0 spiro atoms. The fourth-order valence-corrected chi connectivity index (χ4v) is 1.85. The van der Waals surface area contributed by atoms with Gasteiger partial charge in [-0.2, -0.15) is 0 Å². The lowest BCUT2D eigenvalue weighted by Crippen LogP contribution is -2.07. The quantitative estimate of drug-likeness (QED) is 0.483. The third kappa shape index (κ3) is 2.07. The Morgan fingerprint density at radius 2 is 1.69 bits per heavy atom. The lowest BCUT2D eigenvalue weighted by Gasteiger charge is -2.11. The van der Waals surface area contributed by atoms with Gasteiger partial charge in [-0.25, -0.2) is 8.42 Å². The van der Waals surface area contributed by atoms with Crippen molar-refractivity contribution in [1.82, 2.24) is 0 Å². The van der Waals surface area contributed by atoms with E-state index in [2.05, 4.69) is 4.18 Å². The van der Waals surface area contributed by atoms with Gasteiger partial charge in [0.25, 0.3) is 10.4 Å². The molecule has 0 aliphatic rings. The van der Waals surface area contributed by atoms with Crippen molar-refractivity contribution in [3.8, 4) is 5.75 Å². The zero-order valence-electron chi connectivity index (χ0n) is 8.08. The lowest BCUT2D eigenvalue weighted by molar-refractivity contribution is 0.374. The molecule has 2 aromatic carbocycles. The van der Waals surface area contributed by atoms with E-state index in [0.29, 0.717) is 16.5 Å². The van der Waals surface area contributed by atoms with Crippen LogP contribution in [0.15, 0.2) is 36.4 Å². The summed E-state index contributed by atoms with van der Waals surface area (Å²) in [6.45, 7) is 0. The number of fused-ring (bicyclic) bond motifs is 1. The Hall–Kier alpha value is -1.79. The number of hydrogen-bond donors (Lipinski definition) is 1. The minimum Gasteiger partial charge on any atom is -0.716 e. The zero-order chi connectivity index (χ0) is 11.8. The van der Waals surface area contributed by atoms with Crippen LogP contribution in [0.3, 0.4) is 0 Å². The van der Waals surface area contributed by atoms with Gasteiger partial charge in [0.05, 0.1) is 0 Å². The van der Waals surface area contributed by atoms with Crippen molar-refractivity contribution in [2.45, 2.75) is 0 Å². The van der Waals surface area contributed by atoms with Crippen molar-refractivity contribution in [1.29, 1.82) is 0 Å². The number of rotatable bonds is 2. The third-order valence-corrected chi connectivity index (χ3v) is 2.49. The van der Waals surface area contributed by atoms with Crippen molar-refractivity contribution >= 4 is 26.9 Å². The predicted molar refractivity (Wildman–Crippen MR) is 58.7 cm³/mol. The maximum absolute atomic E-state index is 10.5. The van der Waals surface area contributed by atoms with E-state index in [1.54, 1.807) is 30.3 Å². The van der Waals surface area contributed by atoms with Crippen LogP contribution in [0.5, 0.6) is 5.75 Å². The molecule has 84 valence electrons. The number of hydrogen-bond acceptors (Lipinski definition) is 5. The average molecular weight is 238 g/mol. The summed E-state index contributed by atoms with van der Waals surface area (Å²) in [6, 6.07) is 9.65. The van der Waals surface area contributed by atoms with Crippen LogP contribution in [-0.2, 0) is 10.4 Å². The fraction of sp³-hybridized carbons (Fsp3) is 0. The summed E-state index contributed by atoms with van der Waals surface area (Å²) in [5.41, 5.74) is 6.20. The van der Waals surface area contributed by atoms with E-state index in [9.17, 15) is 13.0 Å². The molecule has 5 nitrogen and oxygen atoms in total. The van der Waals surface area contributed by atoms with Gasteiger partial charge in [-0.15, -0.1) is 0 Å². The zero-order valence-corrected chi connectivity index (χ0v) is 8.90. The molecule has 2 N–H and O–H groups in total. The minimum absolute atomic E-state index is 0.0141. The molecule has 0 saturated carbocycles. The highest BCUT2D eigenvalue weighted by Crippen LogP contribution is 2.29. The van der Waals surface area contributed by atoms with E-state index < -0.39 is 10.4 Å². The third-order valence-electron chi connectivity index (χ3n) is 2.11. The molecule has 0 bridgehead atoms. The van der Waals surface area contributed by atoms with Crippen LogP contribution in [0.25, 0.3) is 10.8 Å². The molecule has 0 saturated heterocycles. The highest BCUT2D eigenvalue weighted by Gasteiger charge is 2.06. The van der Waals surface area contributed by atoms with E-state index >= 15 is 0 Å². The fourth-order valence-electron chi connectivity index (χ4n) is 1.49. The van der Waals surface area contributed by atoms with Crippen LogP contribution in [-0.4, -0.2) is 13.0 Å². The molecule has 2 aromatic rings. The molecule has 0 aliphatic carbocycles. The summed E-state index contributed by atoms with van der Waals surface area (Å²) in [6.07, 6.45) is 0. The molecule has 0 aromatic heterocycles. The molecule has 6 heteroatoms. The Balaban J connectivity index is 2.67. The van der Waals surface area contributed by atoms with Gasteiger partial charge in [-0.05, 0) is 12.1 Å². The molecule has 0 unspecified atom stereocenters. The first kappa shape index (κ1) is 10.7. The monoisotopic (exact) mass is 238 g/mol. The second kappa shape index (κ2) is 3.66. The predicted octanol–water partition coefficient (Wildman–Crippen LogP) is 1.26. The molecule has 0 fully saturated rings. The Labute approximate surface area is 92.4 Å². The summed E-state index contributed by atoms with van der Waals surface area (Å²) in [5, 5.41) is 1.13. The Morgan fingerprint density at radius 1 is 1.06 bits per heavy atom. The Bertz CT molecular complexity index is 636. The molecule has 2 rings (SSSR count). The first-order valence-electron chi connectivity index (χ1n) is 4.40. The number of nitrogens with two attached hydrogens (primary N) is 1. The molecule has 0 radical (unpaired) electrons. The summed E-state index contributed by atoms with van der Waals surface area (Å²) in [5.74, 6) is -0.0141. The van der Waals surface area contributed by atoms with Gasteiger partial charge in [0, 0.05) is 16.5 Å². The van der Waals surface area contributed by atoms with Gasteiger partial charge in [-0.1, -0.05) is 24.3 Å². The first-order valence-corrected chi connectivity index (χ1v) is 5.73. The standard InChI is InChI=1S/C10H9NO4S/c11-9-5-1-4-8-7(9)3-2-6-10(8)15-16(12,13)14/h1-6H,11H2,(H,12,13,14)/p-1. The van der Waals surface area contributed by atoms with Crippen molar-refractivity contribution in [2.24, 2.45) is 0 Å². The van der Waals surface area contributed by atoms with Crippen molar-refractivity contribution < 1.29 is 17.2 Å². The smallest absolute Gasteiger partial charge is 0.262 e. The second-order valence-corrected chi connectivity index (χ2v) is 4.17. The van der Waals surface area contributed by atoms with Gasteiger partial charge in [-0.3, -0.25) is 0 Å². The van der Waals surface area contributed by atoms with Crippen LogP contribution >= 0.6 is 0 Å². The SMILES string of the molecule is Nc1cccc2c(OS(=O)(=O)[O-])cccc12. The normalized spacial score (nSPS) is 11.6.